The first kappa shape index (κ1) is 19.5. The van der Waals surface area contributed by atoms with Gasteiger partial charge in [0, 0.05) is 29.2 Å². The summed E-state index contributed by atoms with van der Waals surface area (Å²) in [5.74, 6) is 0.993. The van der Waals surface area contributed by atoms with Crippen molar-refractivity contribution in [2.24, 2.45) is 5.73 Å². The first-order chi connectivity index (χ1) is 14.7. The lowest BCUT2D eigenvalue weighted by atomic mass is 9.91. The number of nitrogens with zero attached hydrogens (tertiary/aromatic N) is 3. The Labute approximate surface area is 177 Å². The van der Waals surface area contributed by atoms with Crippen LogP contribution in [0.2, 0.25) is 0 Å². The van der Waals surface area contributed by atoms with Crippen LogP contribution in [-0.2, 0) is 4.74 Å². The molecule has 0 radical (unpaired) electrons. The standard InChI is InChI=1S/C21H24N4O4S/c22-21(26)29-15-5-6-17-16(11-15)18-19(23-12-24-20(18)30-17)28-14-3-1-13(2-4-14)25-7-9-27-10-8-25/h5-6,11-14H,1-4,7-10H2,(H2,22,26). The van der Waals surface area contributed by atoms with Crippen LogP contribution in [0.5, 0.6) is 11.6 Å². The van der Waals surface area contributed by atoms with Gasteiger partial charge in [0.05, 0.1) is 18.6 Å². The molecule has 0 spiro atoms. The van der Waals surface area contributed by atoms with E-state index in [-0.39, 0.29) is 6.10 Å². The van der Waals surface area contributed by atoms with Gasteiger partial charge in [-0.3, -0.25) is 4.90 Å². The van der Waals surface area contributed by atoms with Gasteiger partial charge in [0.1, 0.15) is 23.0 Å². The second-order valence-electron chi connectivity index (χ2n) is 7.74. The Morgan fingerprint density at radius 3 is 2.73 bits per heavy atom. The average molecular weight is 429 g/mol. The molecule has 5 rings (SSSR count). The first-order valence-electron chi connectivity index (χ1n) is 10.3. The summed E-state index contributed by atoms with van der Waals surface area (Å²) in [4.78, 5) is 23.4. The van der Waals surface area contributed by atoms with Crippen molar-refractivity contribution in [1.82, 2.24) is 14.9 Å². The van der Waals surface area contributed by atoms with Crippen LogP contribution in [0.25, 0.3) is 20.3 Å². The number of aromatic nitrogens is 2. The maximum atomic E-state index is 11.1. The van der Waals surface area contributed by atoms with Gasteiger partial charge in [0.2, 0.25) is 5.88 Å². The van der Waals surface area contributed by atoms with Gasteiger partial charge in [-0.25, -0.2) is 14.8 Å². The molecule has 1 saturated heterocycles. The number of ether oxygens (including phenoxy) is 3. The van der Waals surface area contributed by atoms with Crippen molar-refractivity contribution in [2.45, 2.75) is 37.8 Å². The highest BCUT2D eigenvalue weighted by atomic mass is 32.1. The number of hydrogen-bond acceptors (Lipinski definition) is 8. The Morgan fingerprint density at radius 2 is 1.97 bits per heavy atom. The summed E-state index contributed by atoms with van der Waals surface area (Å²) in [5, 5.41) is 1.77. The lowest BCUT2D eigenvalue weighted by Gasteiger charge is -2.38. The third-order valence-corrected chi connectivity index (χ3v) is 6.99. The molecule has 9 heteroatoms. The van der Waals surface area contributed by atoms with Crippen molar-refractivity contribution in [1.29, 1.82) is 0 Å². The predicted octanol–water partition coefficient (Wildman–Crippen LogP) is 3.32. The van der Waals surface area contributed by atoms with Crippen molar-refractivity contribution in [3.8, 4) is 11.6 Å². The van der Waals surface area contributed by atoms with E-state index in [1.54, 1.807) is 29.8 Å². The molecule has 1 aliphatic heterocycles. The van der Waals surface area contributed by atoms with E-state index in [4.69, 9.17) is 19.9 Å². The van der Waals surface area contributed by atoms with E-state index in [9.17, 15) is 4.79 Å². The number of hydrogen-bond donors (Lipinski definition) is 1. The molecule has 1 saturated carbocycles. The maximum absolute atomic E-state index is 11.1. The quantitative estimate of drug-likeness (QED) is 0.680. The monoisotopic (exact) mass is 428 g/mol. The van der Waals surface area contributed by atoms with Crippen LogP contribution in [0, 0.1) is 0 Å². The molecular formula is C21H24N4O4S. The summed E-state index contributed by atoms with van der Waals surface area (Å²) in [6.07, 6.45) is 5.11. The molecule has 8 nitrogen and oxygen atoms in total. The highest BCUT2D eigenvalue weighted by Crippen LogP contribution is 2.39. The molecule has 2 aromatic heterocycles. The summed E-state index contributed by atoms with van der Waals surface area (Å²) in [6.45, 7) is 3.72. The van der Waals surface area contributed by atoms with Crippen LogP contribution in [0.4, 0.5) is 4.79 Å². The van der Waals surface area contributed by atoms with Crippen molar-refractivity contribution >= 4 is 37.7 Å². The van der Waals surface area contributed by atoms with E-state index in [1.807, 2.05) is 6.07 Å². The third kappa shape index (κ3) is 3.92. The number of amides is 1. The summed E-state index contributed by atoms with van der Waals surface area (Å²) >= 11 is 1.56. The summed E-state index contributed by atoms with van der Waals surface area (Å²) in [7, 11) is 0. The van der Waals surface area contributed by atoms with Gasteiger partial charge < -0.3 is 19.9 Å². The first-order valence-corrected chi connectivity index (χ1v) is 11.1. The number of thiophene rings is 1. The summed E-state index contributed by atoms with van der Waals surface area (Å²) in [5.41, 5.74) is 5.16. The van der Waals surface area contributed by atoms with E-state index in [0.717, 1.165) is 72.3 Å². The Kier molecular flexibility index (Phi) is 5.41. The van der Waals surface area contributed by atoms with Crippen LogP contribution in [0.1, 0.15) is 25.7 Å². The third-order valence-electron chi connectivity index (χ3n) is 5.91. The number of benzene rings is 1. The van der Waals surface area contributed by atoms with Gasteiger partial charge in [-0.05, 0) is 43.9 Å². The van der Waals surface area contributed by atoms with Crippen LogP contribution in [-0.4, -0.2) is 59.4 Å². The van der Waals surface area contributed by atoms with E-state index < -0.39 is 6.09 Å². The molecule has 0 atom stereocenters. The van der Waals surface area contributed by atoms with Gasteiger partial charge in [-0.1, -0.05) is 0 Å². The molecule has 158 valence electrons. The summed E-state index contributed by atoms with van der Waals surface area (Å²) in [6, 6.07) is 6.04. The molecule has 2 N–H and O–H groups in total. The fourth-order valence-electron chi connectivity index (χ4n) is 4.46. The summed E-state index contributed by atoms with van der Waals surface area (Å²) < 4.78 is 17.9. The average Bonchev–Trinajstić information content (AvgIpc) is 3.13. The maximum Gasteiger partial charge on any atom is 0.409 e. The topological polar surface area (TPSA) is 99.8 Å². The van der Waals surface area contributed by atoms with Crippen LogP contribution < -0.4 is 15.2 Å². The smallest absolute Gasteiger partial charge is 0.409 e. The highest BCUT2D eigenvalue weighted by molar-refractivity contribution is 7.25. The molecule has 30 heavy (non-hydrogen) atoms. The zero-order valence-electron chi connectivity index (χ0n) is 16.6. The largest absolute Gasteiger partial charge is 0.474 e. The number of nitrogens with two attached hydrogens (primary N) is 1. The van der Waals surface area contributed by atoms with Crippen LogP contribution >= 0.6 is 11.3 Å². The molecule has 2 aliphatic rings. The van der Waals surface area contributed by atoms with Gasteiger partial charge >= 0.3 is 6.09 Å². The normalized spacial score (nSPS) is 22.9. The Balaban J connectivity index is 1.36. The van der Waals surface area contributed by atoms with Crippen LogP contribution in [0.3, 0.4) is 0 Å². The van der Waals surface area contributed by atoms with E-state index in [0.29, 0.717) is 17.7 Å². The highest BCUT2D eigenvalue weighted by Gasteiger charge is 2.28. The minimum absolute atomic E-state index is 0.139. The van der Waals surface area contributed by atoms with E-state index in [1.165, 1.54) is 0 Å². The number of fused-ring (bicyclic) bond motifs is 3. The van der Waals surface area contributed by atoms with Crippen molar-refractivity contribution in [3.05, 3.63) is 24.5 Å². The molecule has 1 amide bonds. The minimum Gasteiger partial charge on any atom is -0.474 e. The number of rotatable bonds is 4. The number of carbonyl (C=O) groups is 1. The second-order valence-corrected chi connectivity index (χ2v) is 8.77. The van der Waals surface area contributed by atoms with Gasteiger partial charge in [0.25, 0.3) is 0 Å². The SMILES string of the molecule is NC(=O)Oc1ccc2sc3ncnc(OC4CCC(N5CCOCC5)CC4)c3c2c1. The van der Waals surface area contributed by atoms with Gasteiger partial charge in [-0.15, -0.1) is 11.3 Å². The molecule has 0 bridgehead atoms. The van der Waals surface area contributed by atoms with Crippen molar-refractivity contribution in [3.63, 3.8) is 0 Å². The van der Waals surface area contributed by atoms with E-state index >= 15 is 0 Å². The zero-order valence-corrected chi connectivity index (χ0v) is 17.4. The van der Waals surface area contributed by atoms with Crippen molar-refractivity contribution in [2.75, 3.05) is 26.3 Å². The Morgan fingerprint density at radius 1 is 1.17 bits per heavy atom. The second kappa shape index (κ2) is 8.33. The fourth-order valence-corrected chi connectivity index (χ4v) is 5.47. The molecule has 3 aromatic rings. The van der Waals surface area contributed by atoms with Crippen LogP contribution in [0.15, 0.2) is 24.5 Å². The predicted molar refractivity (Wildman–Crippen MR) is 114 cm³/mol. The lowest BCUT2D eigenvalue weighted by molar-refractivity contribution is -0.00125. The number of morpholine rings is 1. The zero-order chi connectivity index (χ0) is 20.5. The van der Waals surface area contributed by atoms with E-state index in [2.05, 4.69) is 14.9 Å². The fraction of sp³-hybridized carbons (Fsp3) is 0.476. The molecular weight excluding hydrogens is 404 g/mol. The van der Waals surface area contributed by atoms with Gasteiger partial charge in [-0.2, -0.15) is 0 Å². The number of primary amides is 1. The number of carbonyl (C=O) groups excluding carboxylic acids is 1. The Bertz CT molecular complexity index is 1060. The van der Waals surface area contributed by atoms with Gasteiger partial charge in [0.15, 0.2) is 0 Å². The lowest BCUT2D eigenvalue weighted by Crippen LogP contribution is -2.46. The minimum atomic E-state index is -0.835. The Hall–Kier alpha value is -2.49. The van der Waals surface area contributed by atoms with Crippen molar-refractivity contribution < 1.29 is 19.0 Å². The molecule has 1 aliphatic carbocycles. The molecule has 2 fully saturated rings. The molecule has 0 unspecified atom stereocenters. The molecule has 3 heterocycles. The molecule has 1 aromatic carbocycles.